The highest BCUT2D eigenvalue weighted by Crippen LogP contribution is 2.23. The van der Waals surface area contributed by atoms with Crippen LogP contribution in [0, 0.1) is 0 Å². The number of aromatic nitrogens is 1. The minimum Gasteiger partial charge on any atom is -0.480 e. The Morgan fingerprint density at radius 2 is 2.05 bits per heavy atom. The molecule has 21 heavy (non-hydrogen) atoms. The molecule has 1 aliphatic heterocycles. The molecule has 1 atom stereocenters. The average Bonchev–Trinajstić information content (AvgIpc) is 2.92. The van der Waals surface area contributed by atoms with E-state index in [1.54, 1.807) is 0 Å². The van der Waals surface area contributed by atoms with Gasteiger partial charge in [0.25, 0.3) is 6.01 Å². The summed E-state index contributed by atoms with van der Waals surface area (Å²) in [6, 6.07) is 7.92. The molecule has 0 aliphatic carbocycles. The summed E-state index contributed by atoms with van der Waals surface area (Å²) in [6.07, 6.45) is 0.623. The van der Waals surface area contributed by atoms with Crippen LogP contribution in [0.4, 0.5) is 6.01 Å². The van der Waals surface area contributed by atoms with Gasteiger partial charge in [-0.05, 0) is 18.6 Å². The van der Waals surface area contributed by atoms with Crippen molar-refractivity contribution < 1.29 is 14.3 Å². The number of carboxylic acids is 1. The molecule has 2 heterocycles. The van der Waals surface area contributed by atoms with Gasteiger partial charge in [0, 0.05) is 26.2 Å². The Hall–Kier alpha value is -2.08. The molecule has 3 rings (SSSR count). The van der Waals surface area contributed by atoms with E-state index >= 15 is 0 Å². The average molecular weight is 289 g/mol. The first-order valence-electron chi connectivity index (χ1n) is 7.26. The van der Waals surface area contributed by atoms with Crippen LogP contribution in [0.2, 0.25) is 0 Å². The van der Waals surface area contributed by atoms with Crippen LogP contribution in [-0.2, 0) is 4.79 Å². The number of carbonyl (C=O) groups is 1. The Morgan fingerprint density at radius 3 is 2.67 bits per heavy atom. The fourth-order valence-corrected chi connectivity index (χ4v) is 2.81. The zero-order chi connectivity index (χ0) is 14.8. The van der Waals surface area contributed by atoms with Gasteiger partial charge in [-0.1, -0.05) is 19.1 Å². The number of nitrogens with zero attached hydrogens (tertiary/aromatic N) is 3. The van der Waals surface area contributed by atoms with Crippen LogP contribution in [0.25, 0.3) is 11.1 Å². The van der Waals surface area contributed by atoms with Gasteiger partial charge in [-0.15, -0.1) is 0 Å². The molecule has 112 valence electrons. The summed E-state index contributed by atoms with van der Waals surface area (Å²) in [5.41, 5.74) is 1.64. The van der Waals surface area contributed by atoms with E-state index in [1.165, 1.54) is 0 Å². The maximum atomic E-state index is 11.2. The Labute approximate surface area is 123 Å². The molecule has 0 radical (unpaired) electrons. The van der Waals surface area contributed by atoms with E-state index in [-0.39, 0.29) is 0 Å². The maximum absolute atomic E-state index is 11.2. The second kappa shape index (κ2) is 5.73. The van der Waals surface area contributed by atoms with Crippen molar-refractivity contribution in [2.24, 2.45) is 0 Å². The van der Waals surface area contributed by atoms with E-state index in [0.29, 0.717) is 25.5 Å². The maximum Gasteiger partial charge on any atom is 0.320 e. The third-order valence-electron chi connectivity index (χ3n) is 3.98. The topological polar surface area (TPSA) is 69.8 Å². The number of oxazole rings is 1. The lowest BCUT2D eigenvalue weighted by Crippen LogP contribution is -2.52. The molecular weight excluding hydrogens is 270 g/mol. The normalized spacial score (nSPS) is 18.0. The second-order valence-corrected chi connectivity index (χ2v) is 5.25. The first-order valence-corrected chi connectivity index (χ1v) is 7.26. The molecule has 0 amide bonds. The van der Waals surface area contributed by atoms with Gasteiger partial charge >= 0.3 is 5.97 Å². The van der Waals surface area contributed by atoms with Crippen molar-refractivity contribution in [2.75, 3.05) is 31.1 Å². The summed E-state index contributed by atoms with van der Waals surface area (Å²) in [5, 5.41) is 9.22. The second-order valence-electron chi connectivity index (χ2n) is 5.25. The minimum atomic E-state index is -0.743. The van der Waals surface area contributed by atoms with Gasteiger partial charge in [0.1, 0.15) is 11.6 Å². The van der Waals surface area contributed by atoms with Gasteiger partial charge in [0.15, 0.2) is 5.58 Å². The summed E-state index contributed by atoms with van der Waals surface area (Å²) < 4.78 is 5.76. The van der Waals surface area contributed by atoms with Crippen LogP contribution < -0.4 is 4.90 Å². The molecule has 1 aliphatic rings. The quantitative estimate of drug-likeness (QED) is 0.925. The van der Waals surface area contributed by atoms with Crippen molar-refractivity contribution >= 4 is 23.1 Å². The molecule has 6 nitrogen and oxygen atoms in total. The van der Waals surface area contributed by atoms with Gasteiger partial charge in [-0.25, -0.2) is 0 Å². The number of rotatable bonds is 4. The predicted octanol–water partition coefficient (Wildman–Crippen LogP) is 1.81. The first-order chi connectivity index (χ1) is 10.2. The number of hydrogen-bond donors (Lipinski definition) is 1. The smallest absolute Gasteiger partial charge is 0.320 e. The molecule has 1 saturated heterocycles. The van der Waals surface area contributed by atoms with Gasteiger partial charge < -0.3 is 14.4 Å². The molecule has 0 saturated carbocycles. The zero-order valence-electron chi connectivity index (χ0n) is 12.0. The van der Waals surface area contributed by atoms with Crippen molar-refractivity contribution in [1.82, 2.24) is 9.88 Å². The Balaban J connectivity index is 1.69. The van der Waals surface area contributed by atoms with Crippen molar-refractivity contribution in [3.05, 3.63) is 24.3 Å². The SMILES string of the molecule is CCC(C(=O)O)N1CCN(c2nc3ccccc3o2)CC1. The first kappa shape index (κ1) is 13.9. The Bertz CT molecular complexity index is 599. The fourth-order valence-electron chi connectivity index (χ4n) is 2.81. The fraction of sp³-hybridized carbons (Fsp3) is 0.467. The summed E-state index contributed by atoms with van der Waals surface area (Å²) in [5.74, 6) is -0.743. The lowest BCUT2D eigenvalue weighted by Gasteiger charge is -2.36. The van der Waals surface area contributed by atoms with E-state index in [2.05, 4.69) is 9.88 Å². The molecule has 6 heteroatoms. The molecule has 1 fully saturated rings. The number of fused-ring (bicyclic) bond motifs is 1. The highest BCUT2D eigenvalue weighted by molar-refractivity contribution is 5.74. The summed E-state index contributed by atoms with van der Waals surface area (Å²) in [7, 11) is 0. The molecular formula is C15H19N3O3. The van der Waals surface area contributed by atoms with Crippen molar-refractivity contribution in [3.8, 4) is 0 Å². The van der Waals surface area contributed by atoms with Gasteiger partial charge in [-0.3, -0.25) is 9.69 Å². The number of benzene rings is 1. The lowest BCUT2D eigenvalue weighted by molar-refractivity contribution is -0.143. The van der Waals surface area contributed by atoms with Crippen molar-refractivity contribution in [1.29, 1.82) is 0 Å². The Morgan fingerprint density at radius 1 is 1.33 bits per heavy atom. The van der Waals surface area contributed by atoms with Crippen molar-refractivity contribution in [2.45, 2.75) is 19.4 Å². The molecule has 0 spiro atoms. The number of piperazine rings is 1. The van der Waals surface area contributed by atoms with E-state index in [1.807, 2.05) is 36.1 Å². The Kier molecular flexibility index (Phi) is 3.79. The molecule has 1 aromatic heterocycles. The summed E-state index contributed by atoms with van der Waals surface area (Å²) in [6.45, 7) is 4.80. The molecule has 0 bridgehead atoms. The van der Waals surface area contributed by atoms with Gasteiger partial charge in [0.05, 0.1) is 0 Å². The number of anilines is 1. The number of para-hydroxylation sites is 2. The third kappa shape index (κ3) is 2.71. The predicted molar refractivity (Wildman–Crippen MR) is 79.5 cm³/mol. The largest absolute Gasteiger partial charge is 0.480 e. The number of hydrogen-bond acceptors (Lipinski definition) is 5. The number of aliphatic carboxylic acids is 1. The zero-order valence-corrected chi connectivity index (χ0v) is 12.0. The molecule has 1 aromatic carbocycles. The van der Waals surface area contributed by atoms with Crippen LogP contribution in [0.3, 0.4) is 0 Å². The highest BCUT2D eigenvalue weighted by Gasteiger charge is 2.28. The van der Waals surface area contributed by atoms with Crippen molar-refractivity contribution in [3.63, 3.8) is 0 Å². The summed E-state index contributed by atoms with van der Waals surface area (Å²) >= 11 is 0. The van der Waals surface area contributed by atoms with Gasteiger partial charge in [-0.2, -0.15) is 4.98 Å². The van der Waals surface area contributed by atoms with E-state index < -0.39 is 12.0 Å². The summed E-state index contributed by atoms with van der Waals surface area (Å²) in [4.78, 5) is 19.8. The monoisotopic (exact) mass is 289 g/mol. The van der Waals surface area contributed by atoms with Crippen LogP contribution in [0.15, 0.2) is 28.7 Å². The van der Waals surface area contributed by atoms with E-state index in [0.717, 1.165) is 24.2 Å². The number of carboxylic acid groups (broad SMARTS) is 1. The standard InChI is InChI=1S/C15H19N3O3/c1-2-12(14(19)20)17-7-9-18(10-8-17)15-16-11-5-3-4-6-13(11)21-15/h3-6,12H,2,7-10H2,1H3,(H,19,20). The van der Waals surface area contributed by atoms with Crippen LogP contribution >= 0.6 is 0 Å². The minimum absolute atomic E-state index is 0.393. The van der Waals surface area contributed by atoms with E-state index in [9.17, 15) is 9.90 Å². The molecule has 2 aromatic rings. The molecule has 1 unspecified atom stereocenters. The third-order valence-corrected chi connectivity index (χ3v) is 3.98. The van der Waals surface area contributed by atoms with Crippen LogP contribution in [0.5, 0.6) is 0 Å². The van der Waals surface area contributed by atoms with Crippen LogP contribution in [-0.4, -0.2) is 53.2 Å². The van der Waals surface area contributed by atoms with E-state index in [4.69, 9.17) is 4.42 Å². The van der Waals surface area contributed by atoms with Gasteiger partial charge in [0.2, 0.25) is 0 Å². The highest BCUT2D eigenvalue weighted by atomic mass is 16.4. The van der Waals surface area contributed by atoms with Crippen LogP contribution in [0.1, 0.15) is 13.3 Å². The molecule has 1 N–H and O–H groups in total. The lowest BCUT2D eigenvalue weighted by atomic mass is 10.1.